The van der Waals surface area contributed by atoms with E-state index < -0.39 is 4.32 Å². The molecule has 3 nitrogen and oxygen atoms in total. The highest BCUT2D eigenvalue weighted by atomic mass is 79.9. The molecule has 0 aliphatic heterocycles. The number of halogens is 1. The van der Waals surface area contributed by atoms with Gasteiger partial charge in [-0.2, -0.15) is 0 Å². The number of carbonyl (C=O) groups excluding carboxylic acids is 1. The Morgan fingerprint density at radius 1 is 1.39 bits per heavy atom. The largest absolute Gasteiger partial charge is 0.468 e. The molecule has 0 unspecified atom stereocenters. The van der Waals surface area contributed by atoms with Gasteiger partial charge in [0.2, 0.25) is 0 Å². The molecular weight excluding hydrogens is 296 g/mol. The second-order valence-electron chi connectivity index (χ2n) is 4.26. The van der Waals surface area contributed by atoms with Crippen molar-refractivity contribution in [3.05, 3.63) is 35.9 Å². The standard InChI is InChI=1S/C14H19BrO3/c1-4-12(14(2,15)13(16)17-3)18-10-11-8-6-5-7-9-11/h5-9,12H,4,10H2,1-3H3/t12-,14-/m1/s1. The van der Waals surface area contributed by atoms with Crippen molar-refractivity contribution in [1.82, 2.24) is 0 Å². The number of esters is 1. The van der Waals surface area contributed by atoms with E-state index in [1.807, 2.05) is 37.3 Å². The van der Waals surface area contributed by atoms with Crippen LogP contribution in [0.4, 0.5) is 0 Å². The molecule has 0 spiro atoms. The summed E-state index contributed by atoms with van der Waals surface area (Å²) in [7, 11) is 1.38. The van der Waals surface area contributed by atoms with Gasteiger partial charge in [-0.25, -0.2) is 0 Å². The molecule has 1 aromatic carbocycles. The number of ether oxygens (including phenoxy) is 2. The average molecular weight is 315 g/mol. The first-order valence-corrected chi connectivity index (χ1v) is 6.74. The Labute approximate surface area is 117 Å². The molecule has 0 amide bonds. The Hall–Kier alpha value is -0.870. The molecule has 1 rings (SSSR count). The van der Waals surface area contributed by atoms with Crippen LogP contribution in [0.25, 0.3) is 0 Å². The zero-order chi connectivity index (χ0) is 13.6. The lowest BCUT2D eigenvalue weighted by Gasteiger charge is -2.29. The molecule has 0 bridgehead atoms. The minimum Gasteiger partial charge on any atom is -0.468 e. The second-order valence-corrected chi connectivity index (χ2v) is 5.91. The van der Waals surface area contributed by atoms with Crippen molar-refractivity contribution in [3.8, 4) is 0 Å². The van der Waals surface area contributed by atoms with Crippen molar-refractivity contribution in [3.63, 3.8) is 0 Å². The van der Waals surface area contributed by atoms with E-state index in [9.17, 15) is 4.79 Å². The summed E-state index contributed by atoms with van der Waals surface area (Å²) in [5.41, 5.74) is 1.09. The van der Waals surface area contributed by atoms with Gasteiger partial charge in [0.15, 0.2) is 0 Å². The third-order valence-corrected chi connectivity index (χ3v) is 3.69. The summed E-state index contributed by atoms with van der Waals surface area (Å²) < 4.78 is 9.79. The van der Waals surface area contributed by atoms with Gasteiger partial charge >= 0.3 is 5.97 Å². The smallest absolute Gasteiger partial charge is 0.325 e. The van der Waals surface area contributed by atoms with E-state index in [0.29, 0.717) is 6.61 Å². The fourth-order valence-electron chi connectivity index (χ4n) is 1.76. The summed E-state index contributed by atoms with van der Waals surface area (Å²) in [4.78, 5) is 11.7. The zero-order valence-electron chi connectivity index (χ0n) is 11.0. The number of hydrogen-bond acceptors (Lipinski definition) is 3. The van der Waals surface area contributed by atoms with Gasteiger partial charge in [-0.1, -0.05) is 53.2 Å². The Kier molecular flexibility index (Phi) is 5.82. The monoisotopic (exact) mass is 314 g/mol. The maximum Gasteiger partial charge on any atom is 0.325 e. The summed E-state index contributed by atoms with van der Waals surface area (Å²) in [6.07, 6.45) is 0.495. The summed E-state index contributed by atoms with van der Waals surface area (Å²) in [5, 5.41) is 0. The van der Waals surface area contributed by atoms with Crippen LogP contribution >= 0.6 is 15.9 Å². The van der Waals surface area contributed by atoms with E-state index in [4.69, 9.17) is 9.47 Å². The van der Waals surface area contributed by atoms with Crippen LogP contribution in [0.2, 0.25) is 0 Å². The van der Waals surface area contributed by atoms with Crippen LogP contribution in [0.15, 0.2) is 30.3 Å². The lowest BCUT2D eigenvalue weighted by Crippen LogP contribution is -2.43. The van der Waals surface area contributed by atoms with Gasteiger partial charge in [0, 0.05) is 0 Å². The minimum atomic E-state index is -0.814. The van der Waals surface area contributed by atoms with Gasteiger partial charge in [-0.3, -0.25) is 4.79 Å². The lowest BCUT2D eigenvalue weighted by molar-refractivity contribution is -0.147. The third-order valence-electron chi connectivity index (χ3n) is 2.85. The zero-order valence-corrected chi connectivity index (χ0v) is 12.6. The molecule has 0 saturated carbocycles. The minimum absolute atomic E-state index is 0.231. The van der Waals surface area contributed by atoms with Gasteiger partial charge in [-0.15, -0.1) is 0 Å². The molecule has 0 heterocycles. The van der Waals surface area contributed by atoms with Crippen LogP contribution in [0.1, 0.15) is 25.8 Å². The maximum atomic E-state index is 11.7. The summed E-state index contributed by atoms with van der Waals surface area (Å²) >= 11 is 3.41. The fourth-order valence-corrected chi connectivity index (χ4v) is 2.38. The van der Waals surface area contributed by atoms with Crippen molar-refractivity contribution in [2.24, 2.45) is 0 Å². The highest BCUT2D eigenvalue weighted by molar-refractivity contribution is 9.10. The van der Waals surface area contributed by atoms with Gasteiger partial charge in [0.25, 0.3) is 0 Å². The molecule has 2 atom stereocenters. The topological polar surface area (TPSA) is 35.5 Å². The van der Waals surface area contributed by atoms with E-state index in [-0.39, 0.29) is 12.1 Å². The number of methoxy groups -OCH3 is 1. The molecule has 0 saturated heterocycles. The Balaban J connectivity index is 2.65. The van der Waals surface area contributed by atoms with Crippen LogP contribution < -0.4 is 0 Å². The number of carbonyl (C=O) groups is 1. The number of alkyl halides is 1. The molecular formula is C14H19BrO3. The first kappa shape index (κ1) is 15.2. The third kappa shape index (κ3) is 3.82. The summed E-state index contributed by atoms with van der Waals surface area (Å²) in [6, 6.07) is 9.89. The molecule has 0 radical (unpaired) electrons. The highest BCUT2D eigenvalue weighted by Crippen LogP contribution is 2.29. The average Bonchev–Trinajstić information content (AvgIpc) is 2.39. The van der Waals surface area contributed by atoms with Crippen molar-refractivity contribution < 1.29 is 14.3 Å². The van der Waals surface area contributed by atoms with Crippen molar-refractivity contribution in [2.75, 3.05) is 7.11 Å². The molecule has 0 N–H and O–H groups in total. The Morgan fingerprint density at radius 2 is 2.00 bits per heavy atom. The van der Waals surface area contributed by atoms with E-state index in [2.05, 4.69) is 15.9 Å². The molecule has 4 heteroatoms. The van der Waals surface area contributed by atoms with E-state index in [1.165, 1.54) is 7.11 Å². The van der Waals surface area contributed by atoms with E-state index in [0.717, 1.165) is 12.0 Å². The van der Waals surface area contributed by atoms with Crippen LogP contribution in [0.3, 0.4) is 0 Å². The van der Waals surface area contributed by atoms with Crippen molar-refractivity contribution in [2.45, 2.75) is 37.3 Å². The first-order valence-electron chi connectivity index (χ1n) is 5.95. The van der Waals surface area contributed by atoms with Crippen LogP contribution in [-0.2, 0) is 20.9 Å². The number of rotatable bonds is 6. The highest BCUT2D eigenvalue weighted by Gasteiger charge is 2.39. The maximum absolute atomic E-state index is 11.7. The summed E-state index contributed by atoms with van der Waals surface area (Å²) in [6.45, 7) is 4.24. The van der Waals surface area contributed by atoms with Crippen molar-refractivity contribution >= 4 is 21.9 Å². The Bertz CT molecular complexity index is 376. The molecule has 1 aromatic rings. The summed E-state index contributed by atoms with van der Waals surface area (Å²) in [5.74, 6) is -0.317. The van der Waals surface area contributed by atoms with Gasteiger partial charge in [0.1, 0.15) is 4.32 Å². The van der Waals surface area contributed by atoms with Gasteiger partial charge in [0.05, 0.1) is 19.8 Å². The molecule has 0 aliphatic carbocycles. The predicted octanol–water partition coefficient (Wildman–Crippen LogP) is 3.31. The second kappa shape index (κ2) is 6.90. The molecule has 0 fully saturated rings. The van der Waals surface area contributed by atoms with Crippen LogP contribution in [0, 0.1) is 0 Å². The van der Waals surface area contributed by atoms with Crippen LogP contribution in [0.5, 0.6) is 0 Å². The SMILES string of the molecule is CC[C@@H](OCc1ccccc1)[C@@](C)(Br)C(=O)OC. The molecule has 0 aromatic heterocycles. The van der Waals surface area contributed by atoms with Crippen LogP contribution in [-0.4, -0.2) is 23.5 Å². The molecule has 100 valence electrons. The first-order chi connectivity index (χ1) is 8.52. The predicted molar refractivity (Wildman–Crippen MR) is 74.7 cm³/mol. The van der Waals surface area contributed by atoms with Gasteiger partial charge in [-0.05, 0) is 18.9 Å². The van der Waals surface area contributed by atoms with Gasteiger partial charge < -0.3 is 9.47 Å². The quantitative estimate of drug-likeness (QED) is 0.597. The Morgan fingerprint density at radius 3 is 2.50 bits per heavy atom. The van der Waals surface area contributed by atoms with Crippen molar-refractivity contribution in [1.29, 1.82) is 0 Å². The molecule has 0 aliphatic rings. The van der Waals surface area contributed by atoms with E-state index in [1.54, 1.807) is 6.92 Å². The fraction of sp³-hybridized carbons (Fsp3) is 0.500. The normalized spacial score (nSPS) is 15.8. The lowest BCUT2D eigenvalue weighted by atomic mass is 10.0. The molecule has 18 heavy (non-hydrogen) atoms. The number of benzene rings is 1. The number of hydrogen-bond donors (Lipinski definition) is 0. The van der Waals surface area contributed by atoms with E-state index >= 15 is 0 Å².